The van der Waals surface area contributed by atoms with Crippen molar-refractivity contribution < 1.29 is 4.79 Å². The number of carbonyl (C=O) groups is 1. The molecular weight excluding hydrogens is 278 g/mol. The summed E-state index contributed by atoms with van der Waals surface area (Å²) in [6, 6.07) is 0. The second-order valence-corrected chi connectivity index (χ2v) is 6.88. The summed E-state index contributed by atoms with van der Waals surface area (Å²) in [5.74, 6) is 0.907. The van der Waals surface area contributed by atoms with Gasteiger partial charge in [0, 0.05) is 18.3 Å². The Bertz CT molecular complexity index is 234. The van der Waals surface area contributed by atoms with E-state index in [2.05, 4.69) is 35.1 Å². The molecule has 100 valence electrons. The summed E-state index contributed by atoms with van der Waals surface area (Å²) in [7, 11) is 0. The van der Waals surface area contributed by atoms with E-state index in [1.54, 1.807) is 0 Å². The molecule has 1 amide bonds. The molecule has 0 aromatic carbocycles. The molecule has 3 heteroatoms. The Morgan fingerprint density at radius 1 is 1.35 bits per heavy atom. The number of carbonyl (C=O) groups excluding carboxylic acids is 1. The normalized spacial score (nSPS) is 17.4. The largest absolute Gasteiger partial charge is 0.356 e. The van der Waals surface area contributed by atoms with Gasteiger partial charge in [-0.25, -0.2) is 0 Å². The first-order chi connectivity index (χ1) is 8.03. The lowest BCUT2D eigenvalue weighted by atomic mass is 9.88. The van der Waals surface area contributed by atoms with Crippen LogP contribution in [0, 0.1) is 11.3 Å². The summed E-state index contributed by atoms with van der Waals surface area (Å²) in [5, 5.41) is 4.15. The number of alkyl halides is 1. The number of amides is 1. The summed E-state index contributed by atoms with van der Waals surface area (Å²) in [4.78, 5) is 11.8. The van der Waals surface area contributed by atoms with Crippen molar-refractivity contribution in [2.45, 2.75) is 58.8 Å². The number of rotatable bonds is 7. The molecule has 17 heavy (non-hydrogen) atoms. The molecule has 0 aromatic rings. The molecule has 0 bridgehead atoms. The molecule has 0 unspecified atom stereocenters. The molecular formula is C14H26BrNO. The highest BCUT2D eigenvalue weighted by Gasteiger charge is 2.21. The third-order valence-electron chi connectivity index (χ3n) is 3.70. The number of hydrogen-bond donors (Lipinski definition) is 1. The third kappa shape index (κ3) is 6.44. The first-order valence-corrected chi connectivity index (χ1v) is 7.98. The minimum absolute atomic E-state index is 0.221. The summed E-state index contributed by atoms with van der Waals surface area (Å²) in [6.07, 6.45) is 8.20. The predicted molar refractivity (Wildman–Crippen MR) is 76.4 cm³/mol. The van der Waals surface area contributed by atoms with Crippen molar-refractivity contribution in [2.75, 3.05) is 11.9 Å². The fourth-order valence-electron chi connectivity index (χ4n) is 2.52. The molecule has 0 spiro atoms. The van der Waals surface area contributed by atoms with E-state index in [0.717, 1.165) is 24.7 Å². The minimum atomic E-state index is 0.221. The second-order valence-electron chi connectivity index (χ2n) is 6.09. The van der Waals surface area contributed by atoms with Gasteiger partial charge in [-0.15, -0.1) is 0 Å². The van der Waals surface area contributed by atoms with Crippen LogP contribution < -0.4 is 5.32 Å². The Kier molecular flexibility index (Phi) is 6.53. The van der Waals surface area contributed by atoms with Gasteiger partial charge in [0.15, 0.2) is 0 Å². The van der Waals surface area contributed by atoms with Gasteiger partial charge < -0.3 is 5.32 Å². The van der Waals surface area contributed by atoms with Crippen LogP contribution in [0.2, 0.25) is 0 Å². The number of halogens is 1. The van der Waals surface area contributed by atoms with Crippen LogP contribution in [-0.4, -0.2) is 17.8 Å². The third-order valence-corrected chi connectivity index (χ3v) is 4.26. The number of hydrogen-bond acceptors (Lipinski definition) is 1. The Balaban J connectivity index is 2.17. The van der Waals surface area contributed by atoms with E-state index in [4.69, 9.17) is 0 Å². The minimum Gasteiger partial charge on any atom is -0.356 e. The average Bonchev–Trinajstić information content (AvgIpc) is 2.77. The smallest absolute Gasteiger partial charge is 0.220 e. The van der Waals surface area contributed by atoms with Crippen molar-refractivity contribution in [3.8, 4) is 0 Å². The maximum absolute atomic E-state index is 11.8. The highest BCUT2D eigenvalue weighted by Crippen LogP contribution is 2.27. The maximum atomic E-state index is 11.8. The molecule has 1 aliphatic carbocycles. The zero-order valence-corrected chi connectivity index (χ0v) is 12.8. The van der Waals surface area contributed by atoms with Crippen LogP contribution in [0.3, 0.4) is 0 Å². The van der Waals surface area contributed by atoms with Crippen molar-refractivity contribution >= 4 is 21.8 Å². The van der Waals surface area contributed by atoms with Crippen LogP contribution in [0.1, 0.15) is 58.8 Å². The molecule has 0 aliphatic heterocycles. The molecule has 1 fully saturated rings. The number of nitrogens with one attached hydrogen (secondary N) is 1. The molecule has 1 rings (SSSR count). The first-order valence-electron chi connectivity index (χ1n) is 6.86. The van der Waals surface area contributed by atoms with Gasteiger partial charge in [0.05, 0.1) is 0 Å². The Hall–Kier alpha value is -0.0500. The molecule has 1 N–H and O–H groups in total. The topological polar surface area (TPSA) is 29.1 Å². The van der Waals surface area contributed by atoms with Crippen molar-refractivity contribution in [1.29, 1.82) is 0 Å². The summed E-state index contributed by atoms with van der Waals surface area (Å²) < 4.78 is 0. The first kappa shape index (κ1) is 15.0. The van der Waals surface area contributed by atoms with Crippen LogP contribution in [0.4, 0.5) is 0 Å². The van der Waals surface area contributed by atoms with E-state index in [0.29, 0.717) is 5.92 Å². The molecule has 1 aliphatic rings. The van der Waals surface area contributed by atoms with E-state index in [-0.39, 0.29) is 11.3 Å². The van der Waals surface area contributed by atoms with E-state index >= 15 is 0 Å². The van der Waals surface area contributed by atoms with Gasteiger partial charge in [-0.3, -0.25) is 4.79 Å². The zero-order valence-electron chi connectivity index (χ0n) is 11.2. The van der Waals surface area contributed by atoms with Crippen molar-refractivity contribution in [3.05, 3.63) is 0 Å². The maximum Gasteiger partial charge on any atom is 0.220 e. The van der Waals surface area contributed by atoms with Crippen molar-refractivity contribution in [3.63, 3.8) is 0 Å². The van der Waals surface area contributed by atoms with Crippen LogP contribution in [-0.2, 0) is 4.79 Å². The zero-order chi connectivity index (χ0) is 12.7. The molecule has 1 saturated carbocycles. The van der Waals surface area contributed by atoms with Crippen molar-refractivity contribution in [2.24, 2.45) is 11.3 Å². The molecule has 0 radical (unpaired) electrons. The van der Waals surface area contributed by atoms with E-state index in [1.165, 1.54) is 32.1 Å². The van der Waals surface area contributed by atoms with Gasteiger partial charge in [0.25, 0.3) is 0 Å². The summed E-state index contributed by atoms with van der Waals surface area (Å²) >= 11 is 3.45. The predicted octanol–water partition coefficient (Wildman–Crippen LogP) is 3.88. The molecule has 0 aromatic heterocycles. The van der Waals surface area contributed by atoms with Gasteiger partial charge in [0.2, 0.25) is 5.91 Å². The molecule has 0 atom stereocenters. The lowest BCUT2D eigenvalue weighted by Crippen LogP contribution is -2.34. The monoisotopic (exact) mass is 303 g/mol. The van der Waals surface area contributed by atoms with Crippen LogP contribution in [0.15, 0.2) is 0 Å². The van der Waals surface area contributed by atoms with Crippen LogP contribution in [0.25, 0.3) is 0 Å². The Morgan fingerprint density at radius 3 is 2.59 bits per heavy atom. The van der Waals surface area contributed by atoms with Gasteiger partial charge in [-0.2, -0.15) is 0 Å². The molecule has 0 heterocycles. The lowest BCUT2D eigenvalue weighted by Gasteiger charge is -2.25. The average molecular weight is 304 g/mol. The highest BCUT2D eigenvalue weighted by molar-refractivity contribution is 9.09. The van der Waals surface area contributed by atoms with E-state index in [1.807, 2.05) is 0 Å². The Morgan fingerprint density at radius 2 is 2.00 bits per heavy atom. The quantitative estimate of drug-likeness (QED) is 0.710. The SMILES string of the molecule is CC(C)(CCCBr)CNC(=O)CC1CCCC1. The standard InChI is InChI=1S/C14H26BrNO/c1-14(2,8-5-9-15)11-16-13(17)10-12-6-3-4-7-12/h12H,3-11H2,1-2H3,(H,16,17). The van der Waals surface area contributed by atoms with E-state index in [9.17, 15) is 4.79 Å². The molecule has 0 saturated heterocycles. The molecule has 2 nitrogen and oxygen atoms in total. The second kappa shape index (κ2) is 7.40. The summed E-state index contributed by atoms with van der Waals surface area (Å²) in [6.45, 7) is 5.27. The fraction of sp³-hybridized carbons (Fsp3) is 0.929. The fourth-order valence-corrected chi connectivity index (χ4v) is 2.80. The van der Waals surface area contributed by atoms with Gasteiger partial charge in [0.1, 0.15) is 0 Å². The van der Waals surface area contributed by atoms with Gasteiger partial charge in [-0.1, -0.05) is 42.6 Å². The van der Waals surface area contributed by atoms with Gasteiger partial charge >= 0.3 is 0 Å². The van der Waals surface area contributed by atoms with Crippen LogP contribution in [0.5, 0.6) is 0 Å². The summed E-state index contributed by atoms with van der Waals surface area (Å²) in [5.41, 5.74) is 0.221. The highest BCUT2D eigenvalue weighted by atomic mass is 79.9. The van der Waals surface area contributed by atoms with Gasteiger partial charge in [-0.05, 0) is 37.0 Å². The Labute approximate surface area is 114 Å². The van der Waals surface area contributed by atoms with Crippen molar-refractivity contribution in [1.82, 2.24) is 5.32 Å². The lowest BCUT2D eigenvalue weighted by molar-refractivity contribution is -0.122. The van der Waals surface area contributed by atoms with Crippen LogP contribution >= 0.6 is 15.9 Å². The van der Waals surface area contributed by atoms with E-state index < -0.39 is 0 Å².